The Morgan fingerprint density at radius 1 is 1.06 bits per heavy atom. The zero-order chi connectivity index (χ0) is 23.6. The number of aryl methyl sites for hydroxylation is 1. The summed E-state index contributed by atoms with van der Waals surface area (Å²) in [5.41, 5.74) is 12.9. The number of phenolic OH excluding ortho intramolecular Hbond substituents is 1. The van der Waals surface area contributed by atoms with Crippen LogP contribution in [-0.4, -0.2) is 35.7 Å². The zero-order valence-corrected chi connectivity index (χ0v) is 19.0. The van der Waals surface area contributed by atoms with E-state index in [1.807, 2.05) is 49.4 Å². The van der Waals surface area contributed by atoms with E-state index in [0.717, 1.165) is 22.4 Å². The number of rotatable bonds is 7. The summed E-state index contributed by atoms with van der Waals surface area (Å²) in [7, 11) is 1.61. The second-order valence-corrected chi connectivity index (χ2v) is 7.28. The average molecular weight is 461 g/mol. The Bertz CT molecular complexity index is 1190. The number of thiocarbonyl (C=S) groups is 1. The van der Waals surface area contributed by atoms with Gasteiger partial charge in [-0.3, -0.25) is 5.43 Å². The van der Waals surface area contributed by atoms with Crippen LogP contribution in [0.1, 0.15) is 16.7 Å². The molecule has 0 aliphatic carbocycles. The van der Waals surface area contributed by atoms with Crippen LogP contribution in [0.2, 0.25) is 0 Å². The molecule has 0 heterocycles. The molecule has 9 heteroatoms. The SMILES string of the molecule is COc1cccc(C)c1NC(=S)N/N=C/c1ccc(C(N)=NC=Nc2ccc(O)cc2)cc1. The second-order valence-electron chi connectivity index (χ2n) is 6.87. The van der Waals surface area contributed by atoms with Crippen molar-refractivity contribution in [2.75, 3.05) is 12.4 Å². The topological polar surface area (TPSA) is 117 Å². The van der Waals surface area contributed by atoms with Crippen LogP contribution in [0.4, 0.5) is 11.4 Å². The number of methoxy groups -OCH3 is 1. The van der Waals surface area contributed by atoms with E-state index in [1.54, 1.807) is 37.6 Å². The Balaban J connectivity index is 1.55. The number of hydrogen-bond donors (Lipinski definition) is 4. The van der Waals surface area contributed by atoms with Gasteiger partial charge in [-0.05, 0) is 60.6 Å². The van der Waals surface area contributed by atoms with Crippen LogP contribution in [0.3, 0.4) is 0 Å². The summed E-state index contributed by atoms with van der Waals surface area (Å²) in [4.78, 5) is 8.32. The van der Waals surface area contributed by atoms with Gasteiger partial charge in [-0.2, -0.15) is 5.10 Å². The highest BCUT2D eigenvalue weighted by Gasteiger charge is 2.07. The maximum Gasteiger partial charge on any atom is 0.191 e. The van der Waals surface area contributed by atoms with Crippen molar-refractivity contribution in [1.82, 2.24) is 5.43 Å². The predicted octanol–water partition coefficient (Wildman–Crippen LogP) is 4.10. The molecule has 0 unspecified atom stereocenters. The Morgan fingerprint density at radius 3 is 2.48 bits per heavy atom. The van der Waals surface area contributed by atoms with Gasteiger partial charge in [-0.25, -0.2) is 9.98 Å². The summed E-state index contributed by atoms with van der Waals surface area (Å²) >= 11 is 5.31. The monoisotopic (exact) mass is 460 g/mol. The molecule has 3 rings (SSSR count). The van der Waals surface area contributed by atoms with Gasteiger partial charge >= 0.3 is 0 Å². The summed E-state index contributed by atoms with van der Waals surface area (Å²) in [5.74, 6) is 1.21. The molecule has 168 valence electrons. The lowest BCUT2D eigenvalue weighted by Gasteiger charge is -2.13. The van der Waals surface area contributed by atoms with Crippen molar-refractivity contribution in [3.8, 4) is 11.5 Å². The van der Waals surface area contributed by atoms with Crippen molar-refractivity contribution >= 4 is 47.1 Å². The minimum atomic E-state index is 0.181. The number of aliphatic imine (C=N–C) groups is 2. The molecule has 0 fully saturated rings. The van der Waals surface area contributed by atoms with Crippen LogP contribution in [0.25, 0.3) is 0 Å². The number of hydrazone groups is 1. The molecule has 0 amide bonds. The lowest BCUT2D eigenvalue weighted by Crippen LogP contribution is -2.24. The van der Waals surface area contributed by atoms with Crippen molar-refractivity contribution in [3.05, 3.63) is 83.4 Å². The number of benzene rings is 3. The number of aromatic hydroxyl groups is 1. The third-order valence-electron chi connectivity index (χ3n) is 4.53. The van der Waals surface area contributed by atoms with Gasteiger partial charge in [0.05, 0.1) is 24.7 Å². The third kappa shape index (κ3) is 6.88. The highest BCUT2D eigenvalue weighted by atomic mass is 32.1. The molecule has 0 radical (unpaired) electrons. The van der Waals surface area contributed by atoms with E-state index in [-0.39, 0.29) is 5.75 Å². The van der Waals surface area contributed by atoms with Crippen LogP contribution < -0.4 is 21.2 Å². The van der Waals surface area contributed by atoms with Crippen LogP contribution in [0.5, 0.6) is 11.5 Å². The standard InChI is InChI=1S/C24H24N6O2S/c1-16-4-3-5-21(32-2)22(16)29-24(33)30-28-14-17-6-8-18(9-7-17)23(25)27-15-26-19-10-12-20(31)13-11-19/h3-15,31H,1-2H3,(H2,25,26,27)(H2,29,30,33)/b28-14+. The number of nitrogens with one attached hydrogen (secondary N) is 2. The van der Waals surface area contributed by atoms with Crippen LogP contribution in [-0.2, 0) is 0 Å². The second kappa shape index (κ2) is 11.4. The van der Waals surface area contributed by atoms with Gasteiger partial charge in [0, 0.05) is 5.56 Å². The van der Waals surface area contributed by atoms with Gasteiger partial charge in [0.25, 0.3) is 0 Å². The van der Waals surface area contributed by atoms with Gasteiger partial charge in [-0.1, -0.05) is 36.4 Å². The summed E-state index contributed by atoms with van der Waals surface area (Å²) in [5, 5.41) is 16.9. The first kappa shape index (κ1) is 23.4. The molecular weight excluding hydrogens is 436 g/mol. The fourth-order valence-corrected chi connectivity index (χ4v) is 2.94. The van der Waals surface area contributed by atoms with Gasteiger partial charge in [-0.15, -0.1) is 0 Å². The number of amidine groups is 1. The minimum absolute atomic E-state index is 0.181. The summed E-state index contributed by atoms with van der Waals surface area (Å²) in [6.45, 7) is 1.96. The molecule has 0 saturated heterocycles. The van der Waals surface area contributed by atoms with E-state index in [2.05, 4.69) is 25.8 Å². The quantitative estimate of drug-likeness (QED) is 0.183. The molecule has 0 spiro atoms. The first-order chi connectivity index (χ1) is 16.0. The van der Waals surface area contributed by atoms with Crippen molar-refractivity contribution in [2.24, 2.45) is 20.8 Å². The van der Waals surface area contributed by atoms with Crippen LogP contribution in [0.15, 0.2) is 81.8 Å². The van der Waals surface area contributed by atoms with E-state index >= 15 is 0 Å². The highest BCUT2D eigenvalue weighted by Crippen LogP contribution is 2.27. The Morgan fingerprint density at radius 2 is 1.79 bits per heavy atom. The minimum Gasteiger partial charge on any atom is -0.508 e. The Hall–Kier alpha value is -4.24. The fraction of sp³-hybridized carbons (Fsp3) is 0.0833. The number of hydrogen-bond acceptors (Lipinski definition) is 5. The molecule has 3 aromatic carbocycles. The van der Waals surface area contributed by atoms with E-state index < -0.39 is 0 Å². The number of phenols is 1. The number of nitrogens with zero attached hydrogens (tertiary/aromatic N) is 3. The third-order valence-corrected chi connectivity index (χ3v) is 4.73. The lowest BCUT2D eigenvalue weighted by molar-refractivity contribution is 0.416. The molecule has 0 aliphatic rings. The van der Waals surface area contributed by atoms with Gasteiger partial charge in [0.2, 0.25) is 0 Å². The summed E-state index contributed by atoms with van der Waals surface area (Å²) < 4.78 is 5.36. The van der Waals surface area contributed by atoms with E-state index in [0.29, 0.717) is 22.4 Å². The van der Waals surface area contributed by atoms with E-state index in [4.69, 9.17) is 22.7 Å². The molecule has 0 bridgehead atoms. The molecular formula is C24H24N6O2S. The number of nitrogens with two attached hydrogens (primary N) is 1. The molecule has 5 N–H and O–H groups in total. The van der Waals surface area contributed by atoms with Gasteiger partial charge in [0.1, 0.15) is 23.7 Å². The first-order valence-corrected chi connectivity index (χ1v) is 10.4. The van der Waals surface area contributed by atoms with Crippen molar-refractivity contribution in [1.29, 1.82) is 0 Å². The van der Waals surface area contributed by atoms with Crippen LogP contribution in [0, 0.1) is 6.92 Å². The van der Waals surface area contributed by atoms with E-state index in [1.165, 1.54) is 6.34 Å². The van der Waals surface area contributed by atoms with Gasteiger partial charge < -0.3 is 20.9 Å². The maximum atomic E-state index is 9.29. The van der Waals surface area contributed by atoms with Crippen molar-refractivity contribution < 1.29 is 9.84 Å². The predicted molar refractivity (Wildman–Crippen MR) is 138 cm³/mol. The molecule has 0 aliphatic heterocycles. The summed E-state index contributed by atoms with van der Waals surface area (Å²) in [6, 6.07) is 19.6. The van der Waals surface area contributed by atoms with Crippen LogP contribution >= 0.6 is 12.2 Å². The number of para-hydroxylation sites is 1. The first-order valence-electron chi connectivity index (χ1n) is 9.95. The van der Waals surface area contributed by atoms with Crippen molar-refractivity contribution in [3.63, 3.8) is 0 Å². The molecule has 3 aromatic rings. The molecule has 8 nitrogen and oxygen atoms in total. The molecule has 0 saturated carbocycles. The van der Waals surface area contributed by atoms with Gasteiger partial charge in [0.15, 0.2) is 5.11 Å². The maximum absolute atomic E-state index is 9.29. The average Bonchev–Trinajstić information content (AvgIpc) is 2.82. The fourth-order valence-electron chi connectivity index (χ4n) is 2.79. The number of anilines is 1. The zero-order valence-electron chi connectivity index (χ0n) is 18.2. The lowest BCUT2D eigenvalue weighted by atomic mass is 10.1. The Kier molecular flexibility index (Phi) is 8.09. The molecule has 33 heavy (non-hydrogen) atoms. The molecule has 0 atom stereocenters. The highest BCUT2D eigenvalue weighted by molar-refractivity contribution is 7.80. The normalized spacial score (nSPS) is 11.6. The smallest absolute Gasteiger partial charge is 0.191 e. The summed E-state index contributed by atoms with van der Waals surface area (Å²) in [6.07, 6.45) is 3.02. The largest absolute Gasteiger partial charge is 0.508 e. The van der Waals surface area contributed by atoms with E-state index in [9.17, 15) is 5.11 Å². The van der Waals surface area contributed by atoms with Crippen molar-refractivity contribution in [2.45, 2.75) is 6.92 Å². The molecule has 0 aromatic heterocycles. The Labute approximate surface area is 197 Å². The number of ether oxygens (including phenoxy) is 1.